The molecule has 0 saturated carbocycles. The van der Waals surface area contributed by atoms with E-state index in [4.69, 9.17) is 14.1 Å². The lowest BCUT2D eigenvalue weighted by atomic mass is 9.97. The van der Waals surface area contributed by atoms with Gasteiger partial charge in [0.2, 0.25) is 5.91 Å². The smallest absolute Gasteiger partial charge is 0.263 e. The predicted octanol–water partition coefficient (Wildman–Crippen LogP) is 2.98. The number of carbonyl (C=O) groups is 1. The molecule has 3 aromatic rings. The first-order valence-corrected chi connectivity index (χ1v) is 11.4. The summed E-state index contributed by atoms with van der Waals surface area (Å²) in [5, 5.41) is 4.14. The molecule has 0 saturated heterocycles. The van der Waals surface area contributed by atoms with Crippen molar-refractivity contribution in [2.75, 3.05) is 19.5 Å². The topological polar surface area (TPSA) is 86.4 Å². The lowest BCUT2D eigenvalue weighted by molar-refractivity contribution is -0.118. The van der Waals surface area contributed by atoms with Crippen LogP contribution in [0, 0.1) is 0 Å². The number of fused-ring (bicyclic) bond motifs is 3. The Morgan fingerprint density at radius 3 is 3.07 bits per heavy atom. The fraction of sp³-hybridized carbons (Fsp3) is 0.450. The Morgan fingerprint density at radius 2 is 2.28 bits per heavy atom. The number of carbonyl (C=O) groups excluding carboxylic acids is 1. The quantitative estimate of drug-likeness (QED) is 0.434. The maximum atomic E-state index is 13.3. The van der Waals surface area contributed by atoms with Crippen molar-refractivity contribution in [2.45, 2.75) is 43.9 Å². The van der Waals surface area contributed by atoms with Gasteiger partial charge in [0.15, 0.2) is 5.16 Å². The number of methoxy groups -OCH3 is 1. The summed E-state index contributed by atoms with van der Waals surface area (Å²) in [5.74, 6) is 0.741. The average Bonchev–Trinajstić information content (AvgIpc) is 3.37. The van der Waals surface area contributed by atoms with Crippen LogP contribution in [0.5, 0.6) is 0 Å². The molecule has 0 aromatic carbocycles. The van der Waals surface area contributed by atoms with Crippen LogP contribution in [0.4, 0.5) is 0 Å². The molecule has 1 amide bonds. The minimum Gasteiger partial charge on any atom is -0.467 e. The molecule has 1 aliphatic carbocycles. The Hall–Kier alpha value is -2.10. The van der Waals surface area contributed by atoms with Gasteiger partial charge in [0, 0.05) is 12.0 Å². The Morgan fingerprint density at radius 1 is 1.41 bits per heavy atom. The van der Waals surface area contributed by atoms with E-state index in [1.165, 1.54) is 22.2 Å². The summed E-state index contributed by atoms with van der Waals surface area (Å²) < 4.78 is 12.1. The van der Waals surface area contributed by atoms with E-state index in [0.29, 0.717) is 30.6 Å². The first kappa shape index (κ1) is 20.2. The molecule has 9 heteroatoms. The SMILES string of the molecule is COCCn1c(SCC(=O)NCc2ccco2)nc2sc3c(c2c1=O)CCCC3. The highest BCUT2D eigenvalue weighted by Gasteiger charge is 2.22. The van der Waals surface area contributed by atoms with Crippen LogP contribution in [0.15, 0.2) is 32.8 Å². The molecule has 1 aliphatic rings. The molecule has 3 heterocycles. The number of amides is 1. The molecule has 7 nitrogen and oxygen atoms in total. The summed E-state index contributed by atoms with van der Waals surface area (Å²) in [7, 11) is 1.61. The first-order chi connectivity index (χ1) is 14.2. The van der Waals surface area contributed by atoms with Gasteiger partial charge in [-0.15, -0.1) is 11.3 Å². The lowest BCUT2D eigenvalue weighted by Gasteiger charge is -2.13. The van der Waals surface area contributed by atoms with Crippen LogP contribution >= 0.6 is 23.1 Å². The summed E-state index contributed by atoms with van der Waals surface area (Å²) >= 11 is 2.90. The van der Waals surface area contributed by atoms with E-state index in [1.807, 2.05) is 6.07 Å². The minimum absolute atomic E-state index is 0.0232. The molecule has 0 unspecified atom stereocenters. The van der Waals surface area contributed by atoms with Crippen LogP contribution in [0.25, 0.3) is 10.2 Å². The molecule has 0 spiro atoms. The number of aryl methyl sites for hydroxylation is 2. The molecule has 3 aromatic heterocycles. The zero-order valence-corrected chi connectivity index (χ0v) is 17.9. The average molecular weight is 434 g/mol. The second kappa shape index (κ2) is 9.15. The normalized spacial score (nSPS) is 13.6. The summed E-state index contributed by atoms with van der Waals surface area (Å²) in [5.41, 5.74) is 1.15. The first-order valence-electron chi connectivity index (χ1n) is 9.63. The number of thiophene rings is 1. The van der Waals surface area contributed by atoms with E-state index in [9.17, 15) is 9.59 Å². The maximum Gasteiger partial charge on any atom is 0.263 e. The van der Waals surface area contributed by atoms with E-state index in [0.717, 1.165) is 35.9 Å². The molecule has 0 atom stereocenters. The van der Waals surface area contributed by atoms with Crippen LogP contribution in [0.1, 0.15) is 29.0 Å². The highest BCUT2D eigenvalue weighted by atomic mass is 32.2. The van der Waals surface area contributed by atoms with Crippen LogP contribution < -0.4 is 10.9 Å². The van der Waals surface area contributed by atoms with Gasteiger partial charge < -0.3 is 14.5 Å². The van der Waals surface area contributed by atoms with Crippen LogP contribution in [-0.2, 0) is 35.5 Å². The number of aromatic nitrogens is 2. The van der Waals surface area contributed by atoms with Gasteiger partial charge in [-0.2, -0.15) is 0 Å². The molecule has 0 fully saturated rings. The van der Waals surface area contributed by atoms with Crippen LogP contribution in [-0.4, -0.2) is 34.9 Å². The lowest BCUT2D eigenvalue weighted by Crippen LogP contribution is -2.27. The summed E-state index contributed by atoms with van der Waals surface area (Å²) in [4.78, 5) is 32.3. The van der Waals surface area contributed by atoms with Gasteiger partial charge in [-0.1, -0.05) is 11.8 Å². The number of hydrogen-bond acceptors (Lipinski definition) is 7. The number of furan rings is 1. The largest absolute Gasteiger partial charge is 0.467 e. The fourth-order valence-electron chi connectivity index (χ4n) is 3.49. The van der Waals surface area contributed by atoms with Crippen molar-refractivity contribution < 1.29 is 13.9 Å². The van der Waals surface area contributed by atoms with Crippen molar-refractivity contribution in [3.8, 4) is 0 Å². The third kappa shape index (κ3) is 4.41. The van der Waals surface area contributed by atoms with E-state index >= 15 is 0 Å². The van der Waals surface area contributed by atoms with Crippen molar-refractivity contribution in [1.82, 2.24) is 14.9 Å². The summed E-state index contributed by atoms with van der Waals surface area (Å²) in [6.45, 7) is 1.17. The Bertz CT molecular complexity index is 1060. The van der Waals surface area contributed by atoms with Gasteiger partial charge >= 0.3 is 0 Å². The molecule has 4 rings (SSSR count). The van der Waals surface area contributed by atoms with Crippen molar-refractivity contribution in [2.24, 2.45) is 0 Å². The van der Waals surface area contributed by atoms with E-state index < -0.39 is 0 Å². The van der Waals surface area contributed by atoms with Gasteiger partial charge in [0.1, 0.15) is 10.6 Å². The third-order valence-electron chi connectivity index (χ3n) is 4.93. The highest BCUT2D eigenvalue weighted by molar-refractivity contribution is 7.99. The monoisotopic (exact) mass is 433 g/mol. The second-order valence-electron chi connectivity index (χ2n) is 6.88. The zero-order chi connectivity index (χ0) is 20.2. The number of hydrogen-bond donors (Lipinski definition) is 1. The Labute approximate surface area is 176 Å². The zero-order valence-electron chi connectivity index (χ0n) is 16.2. The molecular formula is C20H23N3O4S2. The molecular weight excluding hydrogens is 410 g/mol. The van der Waals surface area contributed by atoms with Gasteiger partial charge in [-0.05, 0) is 43.4 Å². The number of nitrogens with one attached hydrogen (secondary N) is 1. The van der Waals surface area contributed by atoms with Gasteiger partial charge in [-0.3, -0.25) is 14.2 Å². The van der Waals surface area contributed by atoms with E-state index in [2.05, 4.69) is 5.32 Å². The molecule has 0 radical (unpaired) electrons. The molecule has 0 aliphatic heterocycles. The van der Waals surface area contributed by atoms with E-state index in [1.54, 1.807) is 35.3 Å². The molecule has 1 N–H and O–H groups in total. The van der Waals surface area contributed by atoms with Gasteiger partial charge in [0.05, 0.1) is 37.1 Å². The Balaban J connectivity index is 1.56. The van der Waals surface area contributed by atoms with Crippen molar-refractivity contribution in [3.63, 3.8) is 0 Å². The van der Waals surface area contributed by atoms with Crippen molar-refractivity contribution in [3.05, 3.63) is 45.0 Å². The Kier molecular flexibility index (Phi) is 6.37. The number of thioether (sulfide) groups is 1. The highest BCUT2D eigenvalue weighted by Crippen LogP contribution is 2.34. The molecule has 29 heavy (non-hydrogen) atoms. The van der Waals surface area contributed by atoms with Crippen molar-refractivity contribution in [1.29, 1.82) is 0 Å². The van der Waals surface area contributed by atoms with Gasteiger partial charge in [-0.25, -0.2) is 4.98 Å². The van der Waals surface area contributed by atoms with E-state index in [-0.39, 0.29) is 17.2 Å². The minimum atomic E-state index is -0.135. The number of nitrogens with zero attached hydrogens (tertiary/aromatic N) is 2. The molecule has 0 bridgehead atoms. The summed E-state index contributed by atoms with van der Waals surface area (Å²) in [6, 6.07) is 3.59. The third-order valence-corrected chi connectivity index (χ3v) is 7.09. The molecule has 154 valence electrons. The standard InChI is InChI=1S/C20H23N3O4S2/c1-26-10-8-23-19(25)17-14-6-2-3-7-15(14)29-18(17)22-20(23)28-12-16(24)21-11-13-5-4-9-27-13/h4-5,9H,2-3,6-8,10-12H2,1H3,(H,21,24). The van der Waals surface area contributed by atoms with Gasteiger partial charge in [0.25, 0.3) is 5.56 Å². The van der Waals surface area contributed by atoms with Crippen LogP contribution in [0.3, 0.4) is 0 Å². The fourth-order valence-corrected chi connectivity index (χ4v) is 5.65. The van der Waals surface area contributed by atoms with Crippen LogP contribution in [0.2, 0.25) is 0 Å². The number of ether oxygens (including phenoxy) is 1. The number of rotatable bonds is 8. The maximum absolute atomic E-state index is 13.3. The summed E-state index contributed by atoms with van der Waals surface area (Å²) in [6.07, 6.45) is 5.81. The van der Waals surface area contributed by atoms with Crippen molar-refractivity contribution >= 4 is 39.2 Å². The second-order valence-corrected chi connectivity index (χ2v) is 8.91. The predicted molar refractivity (Wildman–Crippen MR) is 114 cm³/mol.